The van der Waals surface area contributed by atoms with E-state index in [1.54, 1.807) is 27.8 Å². The van der Waals surface area contributed by atoms with Crippen LogP contribution in [-0.4, -0.2) is 42.7 Å². The summed E-state index contributed by atoms with van der Waals surface area (Å²) in [6.07, 6.45) is 1.35. The molecule has 0 aliphatic heterocycles. The van der Waals surface area contributed by atoms with E-state index in [1.807, 2.05) is 0 Å². The predicted octanol–water partition coefficient (Wildman–Crippen LogP) is 3.70. The molecule has 0 amide bonds. The Hall–Kier alpha value is -1.51. The Morgan fingerprint density at radius 3 is 2.19 bits per heavy atom. The standard InChI is InChI=1S/C16H25ClN3O6P/c1-7-24-27(25-8-2,26-9-3)19-15-12(10-11(4)16(22)23-6)13(21)14(17)18-20(15)5/h10H,7-9H2,1-6H3/b11-10+. The van der Waals surface area contributed by atoms with Gasteiger partial charge in [-0.15, -0.1) is 0 Å². The lowest BCUT2D eigenvalue weighted by Crippen LogP contribution is -2.16. The molecule has 0 bridgehead atoms. The molecule has 0 spiro atoms. The summed E-state index contributed by atoms with van der Waals surface area (Å²) in [5.74, 6) is -0.465. The number of aryl methyl sites for hydroxylation is 1. The molecule has 11 heteroatoms. The highest BCUT2D eigenvalue weighted by atomic mass is 35.5. The van der Waals surface area contributed by atoms with Crippen LogP contribution >= 0.6 is 19.3 Å². The van der Waals surface area contributed by atoms with Gasteiger partial charge in [-0.1, -0.05) is 11.6 Å². The molecule has 0 aromatic carbocycles. The van der Waals surface area contributed by atoms with Crippen molar-refractivity contribution < 1.29 is 23.1 Å². The van der Waals surface area contributed by atoms with Gasteiger partial charge in [0.2, 0.25) is 5.43 Å². The first-order valence-electron chi connectivity index (χ1n) is 8.34. The quantitative estimate of drug-likeness (QED) is 0.340. The summed E-state index contributed by atoms with van der Waals surface area (Å²) in [6.45, 7) is 7.73. The molecule has 0 saturated heterocycles. The predicted molar refractivity (Wildman–Crippen MR) is 104 cm³/mol. The number of halogens is 1. The van der Waals surface area contributed by atoms with Crippen molar-refractivity contribution in [2.45, 2.75) is 27.7 Å². The number of methoxy groups -OCH3 is 1. The van der Waals surface area contributed by atoms with Gasteiger partial charge in [0.15, 0.2) is 11.0 Å². The van der Waals surface area contributed by atoms with Crippen molar-refractivity contribution >= 4 is 37.2 Å². The van der Waals surface area contributed by atoms with Crippen molar-refractivity contribution in [1.82, 2.24) is 9.78 Å². The fraction of sp³-hybridized carbons (Fsp3) is 0.562. The van der Waals surface area contributed by atoms with Crippen LogP contribution in [0, 0.1) is 0 Å². The van der Waals surface area contributed by atoms with Gasteiger partial charge in [-0.05, 0) is 33.8 Å². The molecule has 27 heavy (non-hydrogen) atoms. The van der Waals surface area contributed by atoms with Crippen LogP contribution in [0.3, 0.4) is 0 Å². The minimum atomic E-state index is -3.14. The molecular formula is C16H25ClN3O6P. The molecule has 1 aromatic rings. The van der Waals surface area contributed by atoms with Crippen LogP contribution in [-0.2, 0) is 30.2 Å². The third-order valence-corrected chi connectivity index (χ3v) is 5.61. The lowest BCUT2D eigenvalue weighted by atomic mass is 10.2. The number of carbonyl (C=O) groups is 1. The third-order valence-electron chi connectivity index (χ3n) is 3.18. The minimum Gasteiger partial charge on any atom is -0.466 e. The molecule has 0 saturated carbocycles. The molecule has 9 nitrogen and oxygen atoms in total. The van der Waals surface area contributed by atoms with Crippen LogP contribution in [0.5, 0.6) is 0 Å². The van der Waals surface area contributed by atoms with E-state index < -0.39 is 19.1 Å². The number of hydrogen-bond acceptors (Lipinski definition) is 8. The molecule has 0 aliphatic carbocycles. The second-order valence-electron chi connectivity index (χ2n) is 5.12. The zero-order valence-corrected chi connectivity index (χ0v) is 18.0. The van der Waals surface area contributed by atoms with E-state index in [0.717, 1.165) is 0 Å². The van der Waals surface area contributed by atoms with Crippen LogP contribution in [0.4, 0.5) is 5.82 Å². The Morgan fingerprint density at radius 2 is 1.74 bits per heavy atom. The van der Waals surface area contributed by atoms with Crippen molar-refractivity contribution in [2.24, 2.45) is 11.8 Å². The van der Waals surface area contributed by atoms with Gasteiger partial charge in [-0.2, -0.15) is 9.84 Å². The molecule has 0 N–H and O–H groups in total. The van der Waals surface area contributed by atoms with E-state index in [0.29, 0.717) is 19.8 Å². The van der Waals surface area contributed by atoms with Crippen LogP contribution in [0.15, 0.2) is 15.1 Å². The molecule has 0 radical (unpaired) electrons. The van der Waals surface area contributed by atoms with Crippen molar-refractivity contribution in [1.29, 1.82) is 0 Å². The molecule has 0 fully saturated rings. The first-order valence-corrected chi connectivity index (χ1v) is 10.2. The molecule has 0 atom stereocenters. The smallest absolute Gasteiger partial charge is 0.362 e. The Kier molecular flexibility index (Phi) is 9.35. The van der Waals surface area contributed by atoms with Crippen molar-refractivity contribution in [3.05, 3.63) is 26.5 Å². The van der Waals surface area contributed by atoms with Crippen LogP contribution in [0.25, 0.3) is 6.08 Å². The maximum absolute atomic E-state index is 12.6. The van der Waals surface area contributed by atoms with Gasteiger partial charge in [-0.25, -0.2) is 9.48 Å². The first kappa shape index (κ1) is 23.5. The fourth-order valence-electron chi connectivity index (χ4n) is 2.10. The lowest BCUT2D eigenvalue weighted by Gasteiger charge is -2.22. The summed E-state index contributed by atoms with van der Waals surface area (Å²) < 4.78 is 27.5. The van der Waals surface area contributed by atoms with Gasteiger partial charge in [0.05, 0.1) is 32.5 Å². The first-order chi connectivity index (χ1) is 12.7. The summed E-state index contributed by atoms with van der Waals surface area (Å²) in [4.78, 5) is 24.3. The largest absolute Gasteiger partial charge is 0.466 e. The molecule has 0 unspecified atom stereocenters. The maximum Gasteiger partial charge on any atom is 0.362 e. The van der Waals surface area contributed by atoms with Crippen LogP contribution in [0.1, 0.15) is 33.3 Å². The number of hydrogen-bond donors (Lipinski definition) is 0. The highest BCUT2D eigenvalue weighted by Gasteiger charge is 2.25. The van der Waals surface area contributed by atoms with Gasteiger partial charge in [0.1, 0.15) is 0 Å². The van der Waals surface area contributed by atoms with Gasteiger partial charge in [-0.3, -0.25) is 4.79 Å². The Bertz CT molecular complexity index is 797. The lowest BCUT2D eigenvalue weighted by molar-refractivity contribution is -0.135. The Labute approximate surface area is 163 Å². The van der Waals surface area contributed by atoms with E-state index in [9.17, 15) is 9.59 Å². The summed E-state index contributed by atoms with van der Waals surface area (Å²) in [7, 11) is -0.333. The summed E-state index contributed by atoms with van der Waals surface area (Å²) >= 11 is 5.93. The number of aromatic nitrogens is 2. The summed E-state index contributed by atoms with van der Waals surface area (Å²) in [6, 6.07) is 0. The highest BCUT2D eigenvalue weighted by Crippen LogP contribution is 2.55. The third kappa shape index (κ3) is 5.99. The van der Waals surface area contributed by atoms with E-state index in [2.05, 4.69) is 14.6 Å². The van der Waals surface area contributed by atoms with Crippen LogP contribution < -0.4 is 5.43 Å². The molecule has 152 valence electrons. The Balaban J connectivity index is 3.83. The van der Waals surface area contributed by atoms with Gasteiger partial charge in [0.25, 0.3) is 0 Å². The van der Waals surface area contributed by atoms with E-state index in [4.69, 9.17) is 25.2 Å². The number of carbonyl (C=O) groups excluding carboxylic acids is 1. The number of ether oxygens (including phenoxy) is 1. The zero-order chi connectivity index (χ0) is 20.6. The number of esters is 1. The van der Waals surface area contributed by atoms with Gasteiger partial charge >= 0.3 is 13.7 Å². The van der Waals surface area contributed by atoms with Crippen LogP contribution in [0.2, 0.25) is 5.15 Å². The minimum absolute atomic E-state index is 0.0592. The SMILES string of the molecule is CCOP(=Nc1c(/C=C(\C)C(=O)OC)c(=O)c(Cl)nn1C)(OCC)OCC. The topological polar surface area (TPSA) is 101 Å². The van der Waals surface area contributed by atoms with E-state index >= 15 is 0 Å². The zero-order valence-electron chi connectivity index (χ0n) is 16.3. The normalized spacial score (nSPS) is 12.2. The number of rotatable bonds is 9. The molecular weight excluding hydrogens is 397 g/mol. The average Bonchev–Trinajstić information content (AvgIpc) is 2.62. The average molecular weight is 422 g/mol. The van der Waals surface area contributed by atoms with Gasteiger partial charge in [0, 0.05) is 12.6 Å². The van der Waals surface area contributed by atoms with E-state index in [-0.39, 0.29) is 22.1 Å². The van der Waals surface area contributed by atoms with Gasteiger partial charge < -0.3 is 18.3 Å². The summed E-state index contributed by atoms with van der Waals surface area (Å²) in [5, 5.41) is 3.70. The maximum atomic E-state index is 12.6. The summed E-state index contributed by atoms with van der Waals surface area (Å²) in [5.41, 5.74) is -0.329. The molecule has 1 heterocycles. The van der Waals surface area contributed by atoms with Crippen molar-refractivity contribution in [3.63, 3.8) is 0 Å². The number of nitrogens with zero attached hydrogens (tertiary/aromatic N) is 3. The van der Waals surface area contributed by atoms with Crippen molar-refractivity contribution in [3.8, 4) is 0 Å². The van der Waals surface area contributed by atoms with E-state index in [1.165, 1.54) is 24.8 Å². The second kappa shape index (κ2) is 10.7. The Morgan fingerprint density at radius 1 is 1.22 bits per heavy atom. The molecule has 0 aliphatic rings. The second-order valence-corrected chi connectivity index (χ2v) is 7.39. The highest BCUT2D eigenvalue weighted by molar-refractivity contribution is 7.51. The monoisotopic (exact) mass is 421 g/mol. The molecule has 1 rings (SSSR count). The van der Waals surface area contributed by atoms with Crippen molar-refractivity contribution in [2.75, 3.05) is 26.9 Å². The fourth-order valence-corrected chi connectivity index (χ4v) is 4.16. The molecule has 1 aromatic heterocycles.